The fourth-order valence-electron chi connectivity index (χ4n) is 4.27. The van der Waals surface area contributed by atoms with Gasteiger partial charge in [0.2, 0.25) is 5.62 Å². The van der Waals surface area contributed by atoms with Crippen LogP contribution >= 0.6 is 0 Å². The third-order valence-electron chi connectivity index (χ3n) is 6.06. The lowest BCUT2D eigenvalue weighted by atomic mass is 10.1. The number of aromatic nitrogens is 2. The van der Waals surface area contributed by atoms with Gasteiger partial charge in [-0.2, -0.15) is 13.2 Å². The zero-order chi connectivity index (χ0) is 28.5. The first-order valence-electron chi connectivity index (χ1n) is 11.7. The predicted molar refractivity (Wildman–Crippen MR) is 131 cm³/mol. The summed E-state index contributed by atoms with van der Waals surface area (Å²) in [6, 6.07) is 13.4. The van der Waals surface area contributed by atoms with Crippen LogP contribution in [-0.4, -0.2) is 28.6 Å². The zero-order valence-electron chi connectivity index (χ0n) is 21.0. The van der Waals surface area contributed by atoms with Crippen molar-refractivity contribution < 1.29 is 40.6 Å². The van der Waals surface area contributed by atoms with E-state index in [9.17, 15) is 31.1 Å². The van der Waals surface area contributed by atoms with E-state index in [4.69, 9.17) is 4.74 Å². The van der Waals surface area contributed by atoms with Crippen LogP contribution in [0.25, 0.3) is 11.0 Å². The van der Waals surface area contributed by atoms with Gasteiger partial charge >= 0.3 is 18.5 Å². The topological polar surface area (TPSA) is 57.8 Å². The monoisotopic (exact) mass is 551 g/mol. The Hall–Kier alpha value is -4.22. The van der Waals surface area contributed by atoms with Crippen molar-refractivity contribution in [2.45, 2.75) is 32.4 Å². The summed E-state index contributed by atoms with van der Waals surface area (Å²) < 4.78 is 90.8. The number of esters is 1. The minimum atomic E-state index is -4.85. The Bertz CT molecular complexity index is 1560. The Balaban J connectivity index is 1.92. The van der Waals surface area contributed by atoms with Crippen LogP contribution in [-0.2, 0) is 30.9 Å². The highest BCUT2D eigenvalue weighted by atomic mass is 19.4. The van der Waals surface area contributed by atoms with E-state index in [-0.39, 0.29) is 23.4 Å². The number of fused-ring (bicyclic) bond motifs is 1. The molecule has 3 aromatic carbocycles. The first-order valence-corrected chi connectivity index (χ1v) is 11.7. The third kappa shape index (κ3) is 6.10. The largest absolute Gasteiger partial charge is 0.573 e. The number of aryl methyl sites for hydroxylation is 2. The van der Waals surface area contributed by atoms with E-state index in [1.54, 1.807) is 47.4 Å². The maximum atomic E-state index is 13.8. The van der Waals surface area contributed by atoms with E-state index in [2.05, 4.69) is 9.73 Å². The molecule has 0 amide bonds. The van der Waals surface area contributed by atoms with Crippen molar-refractivity contribution in [3.63, 3.8) is 0 Å². The number of methoxy groups -OCH3 is 1. The molecular formula is C27H23F6N3O3. The average Bonchev–Trinajstić information content (AvgIpc) is 3.13. The Labute approximate surface area is 218 Å². The van der Waals surface area contributed by atoms with Crippen molar-refractivity contribution in [3.8, 4) is 5.75 Å². The number of hydrogen-bond acceptors (Lipinski definition) is 4. The van der Waals surface area contributed by atoms with Crippen LogP contribution in [0, 0.1) is 0 Å². The molecule has 0 spiro atoms. The first-order chi connectivity index (χ1) is 18.3. The van der Waals surface area contributed by atoms with Crippen molar-refractivity contribution in [3.05, 3.63) is 88.5 Å². The molecule has 4 aromatic rings. The maximum absolute atomic E-state index is 13.8. The van der Waals surface area contributed by atoms with E-state index in [1.165, 1.54) is 19.2 Å². The Morgan fingerprint density at radius 1 is 0.949 bits per heavy atom. The molecule has 0 saturated carbocycles. The quantitative estimate of drug-likeness (QED) is 0.202. The maximum Gasteiger partial charge on any atom is 0.573 e. The Morgan fingerprint density at radius 3 is 2.13 bits per heavy atom. The van der Waals surface area contributed by atoms with Gasteiger partial charge in [0.15, 0.2) is 0 Å². The van der Waals surface area contributed by atoms with Crippen molar-refractivity contribution in [2.75, 3.05) is 7.11 Å². The third-order valence-corrected chi connectivity index (χ3v) is 6.06. The van der Waals surface area contributed by atoms with Crippen LogP contribution in [0.2, 0.25) is 0 Å². The molecule has 0 aliphatic carbocycles. The molecule has 0 aliphatic heterocycles. The van der Waals surface area contributed by atoms with Gasteiger partial charge in [0, 0.05) is 7.05 Å². The van der Waals surface area contributed by atoms with Crippen LogP contribution < -0.4 is 10.4 Å². The number of alkyl halides is 6. The van der Waals surface area contributed by atoms with Crippen LogP contribution in [0.3, 0.4) is 0 Å². The second kappa shape index (κ2) is 10.5. The molecule has 0 N–H and O–H groups in total. The number of carbonyl (C=O) groups is 1. The molecule has 0 saturated heterocycles. The van der Waals surface area contributed by atoms with Crippen LogP contribution in [0.4, 0.5) is 32.0 Å². The number of carbonyl (C=O) groups excluding carboxylic acids is 1. The molecule has 0 aliphatic rings. The molecule has 0 atom stereocenters. The highest BCUT2D eigenvalue weighted by Gasteiger charge is 2.33. The highest BCUT2D eigenvalue weighted by Crippen LogP contribution is 2.34. The van der Waals surface area contributed by atoms with E-state index in [0.29, 0.717) is 28.6 Å². The van der Waals surface area contributed by atoms with Gasteiger partial charge in [0.05, 0.1) is 41.5 Å². The van der Waals surface area contributed by atoms with E-state index in [0.717, 1.165) is 24.3 Å². The van der Waals surface area contributed by atoms with Gasteiger partial charge in [-0.1, -0.05) is 19.1 Å². The van der Waals surface area contributed by atoms with Gasteiger partial charge in [0.25, 0.3) is 0 Å². The fraction of sp³-hybridized carbons (Fsp3) is 0.259. The summed E-state index contributed by atoms with van der Waals surface area (Å²) in [5.74, 6) is -0.962. The van der Waals surface area contributed by atoms with Gasteiger partial charge in [-0.15, -0.1) is 13.2 Å². The lowest BCUT2D eigenvalue weighted by Crippen LogP contribution is -2.24. The lowest BCUT2D eigenvalue weighted by molar-refractivity contribution is -0.274. The molecule has 0 fully saturated rings. The second-order valence-electron chi connectivity index (χ2n) is 8.64. The van der Waals surface area contributed by atoms with Crippen LogP contribution in [0.15, 0.2) is 65.7 Å². The van der Waals surface area contributed by atoms with Crippen molar-refractivity contribution in [2.24, 2.45) is 12.0 Å². The Morgan fingerprint density at radius 2 is 1.59 bits per heavy atom. The molecule has 1 aromatic heterocycles. The van der Waals surface area contributed by atoms with E-state index < -0.39 is 29.8 Å². The molecule has 0 radical (unpaired) electrons. The molecule has 4 rings (SSSR count). The van der Waals surface area contributed by atoms with Crippen LogP contribution in [0.1, 0.15) is 34.0 Å². The van der Waals surface area contributed by atoms with Gasteiger partial charge in [-0.25, -0.2) is 9.79 Å². The standard InChI is InChI=1S/C27H23F6N3O3/c1-4-17-13-19(26(28,29)30)14-22-23(17)35(2)25(34-20-9-11-21(12-10-20)39-27(31,32)33)36(22)15-16-5-7-18(8-6-16)24(37)38-3/h5-14H,4,15H2,1-3H3. The first kappa shape index (κ1) is 27.8. The number of ether oxygens (including phenoxy) is 2. The summed E-state index contributed by atoms with van der Waals surface area (Å²) in [5, 5.41) is 0. The van der Waals surface area contributed by atoms with E-state index in [1.807, 2.05) is 0 Å². The zero-order valence-corrected chi connectivity index (χ0v) is 21.0. The molecule has 0 bridgehead atoms. The summed E-state index contributed by atoms with van der Waals surface area (Å²) in [6.07, 6.45) is -9.12. The number of benzene rings is 3. The predicted octanol–water partition coefficient (Wildman–Crippen LogP) is 6.53. The number of imidazole rings is 1. The van der Waals surface area contributed by atoms with Gasteiger partial charge in [0.1, 0.15) is 5.75 Å². The molecule has 39 heavy (non-hydrogen) atoms. The molecule has 1 heterocycles. The van der Waals surface area contributed by atoms with Gasteiger partial charge in [-0.3, -0.25) is 0 Å². The van der Waals surface area contributed by atoms with Crippen molar-refractivity contribution in [1.29, 1.82) is 0 Å². The highest BCUT2D eigenvalue weighted by molar-refractivity contribution is 5.89. The minimum absolute atomic E-state index is 0.0946. The fourth-order valence-corrected chi connectivity index (χ4v) is 4.27. The summed E-state index contributed by atoms with van der Waals surface area (Å²) in [7, 11) is 2.91. The SMILES string of the molecule is CCc1cc(C(F)(F)F)cc2c1n(C)c(=Nc1ccc(OC(F)(F)F)cc1)n2Cc1ccc(C(=O)OC)cc1. The lowest BCUT2D eigenvalue weighted by Gasteiger charge is -2.12. The summed E-state index contributed by atoms with van der Waals surface area (Å²) in [4.78, 5) is 16.4. The molecular weight excluding hydrogens is 528 g/mol. The molecule has 0 unspecified atom stereocenters. The molecule has 206 valence electrons. The van der Waals surface area contributed by atoms with E-state index >= 15 is 0 Å². The average molecular weight is 551 g/mol. The number of rotatable bonds is 6. The van der Waals surface area contributed by atoms with Crippen molar-refractivity contribution in [1.82, 2.24) is 9.13 Å². The summed E-state index contributed by atoms with van der Waals surface area (Å²) >= 11 is 0. The van der Waals surface area contributed by atoms with Gasteiger partial charge < -0.3 is 18.6 Å². The summed E-state index contributed by atoms with van der Waals surface area (Å²) in [5.41, 5.74) is 1.95. The Kier molecular flexibility index (Phi) is 7.49. The minimum Gasteiger partial charge on any atom is -0.465 e. The number of halogens is 6. The number of nitrogens with zero attached hydrogens (tertiary/aromatic N) is 3. The van der Waals surface area contributed by atoms with Gasteiger partial charge in [-0.05, 0) is 66.1 Å². The van der Waals surface area contributed by atoms with Crippen LogP contribution in [0.5, 0.6) is 5.75 Å². The normalized spacial score (nSPS) is 12.7. The summed E-state index contributed by atoms with van der Waals surface area (Å²) in [6.45, 7) is 1.84. The number of hydrogen-bond donors (Lipinski definition) is 0. The molecule has 6 nitrogen and oxygen atoms in total. The smallest absolute Gasteiger partial charge is 0.465 e. The van der Waals surface area contributed by atoms with Crippen molar-refractivity contribution >= 4 is 22.7 Å². The molecule has 12 heteroatoms. The second-order valence-corrected chi connectivity index (χ2v) is 8.64.